The van der Waals surface area contributed by atoms with E-state index in [1.165, 1.54) is 0 Å². The first-order valence-corrected chi connectivity index (χ1v) is 11.3. The van der Waals surface area contributed by atoms with E-state index < -0.39 is 10.0 Å². The molecule has 2 aromatic rings. The minimum Gasteiger partial charge on any atom is -0.354 e. The summed E-state index contributed by atoms with van der Waals surface area (Å²) in [6.07, 6.45) is 1.87. The maximum Gasteiger partial charge on any atom is 0.240 e. The third-order valence-electron chi connectivity index (χ3n) is 3.46. The summed E-state index contributed by atoms with van der Waals surface area (Å²) in [6, 6.07) is 16.2. The molecule has 2 rings (SSSR count). The number of rotatable bonds is 9. The minimum absolute atomic E-state index is 0.229. The first-order chi connectivity index (χ1) is 12.4. The highest BCUT2D eigenvalue weighted by Crippen LogP contribution is 2.20. The van der Waals surface area contributed by atoms with Gasteiger partial charge < -0.3 is 5.32 Å². The monoisotopic (exact) mass is 412 g/mol. The molecule has 0 aliphatic rings. The number of hydrogen-bond donors (Lipinski definition) is 1. The number of halogens is 1. The molecule has 0 saturated heterocycles. The molecule has 0 radical (unpaired) electrons. The van der Waals surface area contributed by atoms with E-state index in [-0.39, 0.29) is 12.5 Å². The predicted molar refractivity (Wildman–Crippen MR) is 108 cm³/mol. The summed E-state index contributed by atoms with van der Waals surface area (Å²) in [5, 5.41) is 3.48. The van der Waals surface area contributed by atoms with Crippen LogP contribution in [0.15, 0.2) is 59.5 Å². The van der Waals surface area contributed by atoms with Crippen LogP contribution in [0.2, 0.25) is 5.02 Å². The van der Waals surface area contributed by atoms with Crippen LogP contribution in [0.25, 0.3) is 0 Å². The Kier molecular flexibility index (Phi) is 7.81. The fraction of sp³-hybridized carbons (Fsp3) is 0.278. The molecular formula is C18H21ClN2O3S2. The lowest BCUT2D eigenvalue weighted by atomic mass is 10.3. The molecule has 0 atom stereocenters. The van der Waals surface area contributed by atoms with E-state index in [1.54, 1.807) is 42.1 Å². The molecule has 1 N–H and O–H groups in total. The van der Waals surface area contributed by atoms with Crippen LogP contribution in [-0.2, 0) is 14.8 Å². The molecule has 1 amide bonds. The average molecular weight is 413 g/mol. The second-order valence-corrected chi connectivity index (χ2v) is 9.12. The molecule has 26 heavy (non-hydrogen) atoms. The van der Waals surface area contributed by atoms with E-state index in [1.807, 2.05) is 24.3 Å². The second-order valence-electron chi connectivity index (χ2n) is 5.61. The number of carbonyl (C=O) groups is 1. The van der Waals surface area contributed by atoms with Gasteiger partial charge in [-0.1, -0.05) is 29.8 Å². The van der Waals surface area contributed by atoms with Crippen LogP contribution in [-0.4, -0.2) is 39.4 Å². The van der Waals surface area contributed by atoms with E-state index in [0.29, 0.717) is 17.3 Å². The quantitative estimate of drug-likeness (QED) is 0.506. The lowest BCUT2D eigenvalue weighted by molar-refractivity contribution is -0.119. The molecule has 0 unspecified atom stereocenters. The number of nitrogens with one attached hydrogen (secondary N) is 1. The summed E-state index contributed by atoms with van der Waals surface area (Å²) in [6.45, 7) is 0.263. The second kappa shape index (κ2) is 9.85. The number of amides is 1. The van der Waals surface area contributed by atoms with Crippen molar-refractivity contribution < 1.29 is 13.2 Å². The van der Waals surface area contributed by atoms with Crippen molar-refractivity contribution in [2.45, 2.75) is 11.3 Å². The molecule has 140 valence electrons. The number of sulfonamides is 1. The molecule has 0 aliphatic heterocycles. The first kappa shape index (κ1) is 20.6. The summed E-state index contributed by atoms with van der Waals surface area (Å²) in [4.78, 5) is 13.2. The van der Waals surface area contributed by atoms with Crippen molar-refractivity contribution in [3.05, 3.63) is 59.6 Å². The van der Waals surface area contributed by atoms with Gasteiger partial charge >= 0.3 is 0 Å². The van der Waals surface area contributed by atoms with E-state index in [4.69, 9.17) is 11.6 Å². The summed E-state index contributed by atoms with van der Waals surface area (Å²) in [5.41, 5.74) is 0.475. The third-order valence-corrected chi connectivity index (χ3v) is 5.95. The molecule has 5 nitrogen and oxygen atoms in total. The fourth-order valence-electron chi connectivity index (χ4n) is 2.20. The van der Waals surface area contributed by atoms with Gasteiger partial charge in [-0.15, -0.1) is 11.8 Å². The van der Waals surface area contributed by atoms with Gasteiger partial charge in [-0.05, 0) is 48.6 Å². The predicted octanol–water partition coefficient (Wildman–Crippen LogP) is 3.40. The first-order valence-electron chi connectivity index (χ1n) is 8.04. The average Bonchev–Trinajstić information content (AvgIpc) is 2.61. The molecule has 0 heterocycles. The molecule has 0 aromatic heterocycles. The Morgan fingerprint density at radius 3 is 2.38 bits per heavy atom. The molecular weight excluding hydrogens is 392 g/mol. The summed E-state index contributed by atoms with van der Waals surface area (Å²) < 4.78 is 25.0. The number of hydrogen-bond acceptors (Lipinski definition) is 4. The summed E-state index contributed by atoms with van der Waals surface area (Å²) in [7, 11) is -3.53. The van der Waals surface area contributed by atoms with E-state index in [9.17, 15) is 13.2 Å². The standard InChI is InChI=1S/C18H21ClN2O3S2/c1-26(23,24)21(16-6-3-2-4-7-16)14-18(22)20-12-5-13-25-17-10-8-15(19)9-11-17/h2-4,6-11H,5,12-14H2,1H3,(H,20,22). The molecule has 8 heteroatoms. The zero-order chi connectivity index (χ0) is 19.0. The van der Waals surface area contributed by atoms with Crippen molar-refractivity contribution in [3.63, 3.8) is 0 Å². The van der Waals surface area contributed by atoms with Gasteiger partial charge in [-0.3, -0.25) is 9.10 Å². The van der Waals surface area contributed by atoms with E-state index in [0.717, 1.165) is 27.6 Å². The SMILES string of the molecule is CS(=O)(=O)N(CC(=O)NCCCSc1ccc(Cl)cc1)c1ccccc1. The Bertz CT molecular complexity index is 812. The maximum absolute atomic E-state index is 12.1. The Hall–Kier alpha value is -1.70. The number of thioether (sulfide) groups is 1. The van der Waals surface area contributed by atoms with Crippen LogP contribution >= 0.6 is 23.4 Å². The number of benzene rings is 2. The smallest absolute Gasteiger partial charge is 0.240 e. The van der Waals surface area contributed by atoms with Crippen molar-refractivity contribution in [2.75, 3.05) is 29.4 Å². The lowest BCUT2D eigenvalue weighted by Gasteiger charge is -2.21. The van der Waals surface area contributed by atoms with Gasteiger partial charge in [0.15, 0.2) is 0 Å². The Morgan fingerprint density at radius 1 is 1.12 bits per heavy atom. The minimum atomic E-state index is -3.53. The van der Waals surface area contributed by atoms with Crippen LogP contribution in [0.1, 0.15) is 6.42 Å². The van der Waals surface area contributed by atoms with Crippen molar-refractivity contribution in [3.8, 4) is 0 Å². The van der Waals surface area contributed by atoms with Gasteiger partial charge in [0.1, 0.15) is 6.54 Å². The highest BCUT2D eigenvalue weighted by atomic mass is 35.5. The van der Waals surface area contributed by atoms with Crippen LogP contribution in [0.3, 0.4) is 0 Å². The fourth-order valence-corrected chi connectivity index (χ4v) is 4.04. The molecule has 0 spiro atoms. The van der Waals surface area contributed by atoms with Crippen molar-refractivity contribution in [2.24, 2.45) is 0 Å². The summed E-state index contributed by atoms with van der Waals surface area (Å²) >= 11 is 7.52. The van der Waals surface area contributed by atoms with Crippen molar-refractivity contribution in [1.82, 2.24) is 5.32 Å². The number of nitrogens with zero attached hydrogens (tertiary/aromatic N) is 1. The third kappa shape index (κ3) is 6.90. The highest BCUT2D eigenvalue weighted by Gasteiger charge is 2.20. The maximum atomic E-state index is 12.1. The van der Waals surface area contributed by atoms with Crippen molar-refractivity contribution >= 4 is 45.0 Å². The zero-order valence-corrected chi connectivity index (χ0v) is 16.8. The van der Waals surface area contributed by atoms with E-state index >= 15 is 0 Å². The Morgan fingerprint density at radius 2 is 1.77 bits per heavy atom. The van der Waals surface area contributed by atoms with Crippen molar-refractivity contribution in [1.29, 1.82) is 0 Å². The number of carbonyl (C=O) groups excluding carboxylic acids is 1. The molecule has 2 aromatic carbocycles. The molecule has 0 saturated carbocycles. The topological polar surface area (TPSA) is 66.5 Å². The molecule has 0 bridgehead atoms. The van der Waals surface area contributed by atoms with Crippen LogP contribution in [0.4, 0.5) is 5.69 Å². The van der Waals surface area contributed by atoms with Gasteiger partial charge in [0.05, 0.1) is 11.9 Å². The largest absolute Gasteiger partial charge is 0.354 e. The Labute approximate surface area is 163 Å². The van der Waals surface area contributed by atoms with Gasteiger partial charge in [-0.2, -0.15) is 0 Å². The zero-order valence-electron chi connectivity index (χ0n) is 14.4. The molecule has 0 aliphatic carbocycles. The normalized spacial score (nSPS) is 11.2. The van der Waals surface area contributed by atoms with E-state index in [2.05, 4.69) is 5.32 Å². The number of anilines is 1. The van der Waals surface area contributed by atoms with Crippen LogP contribution in [0.5, 0.6) is 0 Å². The van der Waals surface area contributed by atoms with Gasteiger partial charge in [0.25, 0.3) is 0 Å². The van der Waals surface area contributed by atoms with Gasteiger partial charge in [0.2, 0.25) is 15.9 Å². The molecule has 0 fully saturated rings. The lowest BCUT2D eigenvalue weighted by Crippen LogP contribution is -2.40. The highest BCUT2D eigenvalue weighted by molar-refractivity contribution is 7.99. The summed E-state index contributed by atoms with van der Waals surface area (Å²) in [5.74, 6) is 0.520. The van der Waals surface area contributed by atoms with Crippen LogP contribution in [0, 0.1) is 0 Å². The number of para-hydroxylation sites is 1. The van der Waals surface area contributed by atoms with Gasteiger partial charge in [0, 0.05) is 16.5 Å². The van der Waals surface area contributed by atoms with Crippen LogP contribution < -0.4 is 9.62 Å². The van der Waals surface area contributed by atoms with Gasteiger partial charge in [-0.25, -0.2) is 8.42 Å². The Balaban J connectivity index is 1.77.